The van der Waals surface area contributed by atoms with Crippen LogP contribution in [0.2, 0.25) is 0 Å². The Kier molecular flexibility index (Phi) is 25.9. The van der Waals surface area contributed by atoms with Gasteiger partial charge in [0.1, 0.15) is 0 Å². The molecule has 3 N–H and O–H groups in total. The molecule has 11 heavy (non-hydrogen) atoms. The van der Waals surface area contributed by atoms with Gasteiger partial charge < -0.3 is 11.1 Å². The molecule has 1 unspecified atom stereocenters. The van der Waals surface area contributed by atoms with E-state index in [0.717, 1.165) is 0 Å². The molecule has 0 aromatic heterocycles. The van der Waals surface area contributed by atoms with Crippen LogP contribution in [0.25, 0.3) is 0 Å². The number of hydrogen-bond acceptors (Lipinski definition) is 2. The molecule has 0 aliphatic carbocycles. The van der Waals surface area contributed by atoms with Crippen molar-refractivity contribution in [3.8, 4) is 0 Å². The number of halogens is 3. The van der Waals surface area contributed by atoms with Crippen LogP contribution < -0.4 is 11.1 Å². The molecule has 0 aliphatic heterocycles. The molecule has 0 saturated carbocycles. The summed E-state index contributed by atoms with van der Waals surface area (Å²) in [6.07, 6.45) is 0.893. The molecule has 0 heterocycles. The number of carbonyl (C=O) groups is 1. The highest BCUT2D eigenvalue weighted by Gasteiger charge is 1.93. The third-order valence-electron chi connectivity index (χ3n) is 0.555. The van der Waals surface area contributed by atoms with Crippen molar-refractivity contribution in [2.24, 2.45) is 5.73 Å². The second-order valence-corrected chi connectivity index (χ2v) is 1.50. The maximum absolute atomic E-state index is 10.3. The number of rotatable bonds is 2. The van der Waals surface area contributed by atoms with Crippen LogP contribution in [-0.2, 0) is 4.79 Å². The van der Waals surface area contributed by atoms with Crippen LogP contribution in [0.5, 0.6) is 0 Å². The summed E-state index contributed by atoms with van der Waals surface area (Å²) in [5.41, 5.74) is 5.19. The fourth-order valence-electron chi connectivity index (χ4n) is 0.283. The maximum atomic E-state index is 10.3. The van der Waals surface area contributed by atoms with Gasteiger partial charge in [-0.05, 0) is 13.0 Å². The Hall–Kier alpha value is 0.0400. The van der Waals surface area contributed by atoms with Crippen LogP contribution in [-0.4, -0.2) is 12.1 Å². The van der Waals surface area contributed by atoms with Gasteiger partial charge in [0, 0.05) is 0 Å². The molecule has 0 saturated heterocycles. The van der Waals surface area contributed by atoms with Crippen LogP contribution in [0.4, 0.5) is 0 Å². The molecule has 6 heteroatoms. The van der Waals surface area contributed by atoms with Crippen molar-refractivity contribution in [2.75, 3.05) is 0 Å². The van der Waals surface area contributed by atoms with Crippen LogP contribution in [0.3, 0.4) is 0 Å². The Balaban J connectivity index is -0.0000000817. The lowest BCUT2D eigenvalue weighted by Crippen LogP contribution is -2.37. The third-order valence-corrected chi connectivity index (χ3v) is 0.555. The van der Waals surface area contributed by atoms with Gasteiger partial charge in [0.05, 0.1) is 6.17 Å². The van der Waals surface area contributed by atoms with Crippen molar-refractivity contribution >= 4 is 43.1 Å². The van der Waals surface area contributed by atoms with E-state index >= 15 is 0 Å². The zero-order chi connectivity index (χ0) is 6.57. The average Bonchev–Trinajstić information content (AvgIpc) is 1.65. The molecule has 0 fully saturated rings. The smallest absolute Gasteiger partial charge is 0.244 e. The highest BCUT2D eigenvalue weighted by molar-refractivity contribution is 5.87. The molecule has 1 atom stereocenters. The zero-order valence-electron chi connectivity index (χ0n) is 6.07. The molecule has 0 spiro atoms. The Labute approximate surface area is 85.0 Å². The molecule has 0 aromatic rings. The zero-order valence-corrected chi connectivity index (χ0v) is 8.52. The predicted molar refractivity (Wildman–Crippen MR) is 53.7 cm³/mol. The first-order chi connectivity index (χ1) is 3.66. The number of amides is 1. The first kappa shape index (κ1) is 22.5. The SMILES string of the molecule is C=CC(=O)NC(C)N.Cl.Cl.Cl. The van der Waals surface area contributed by atoms with E-state index in [1.54, 1.807) is 6.92 Å². The summed E-state index contributed by atoms with van der Waals surface area (Å²) in [6, 6.07) is 0. The Morgan fingerprint density at radius 3 is 2.00 bits per heavy atom. The van der Waals surface area contributed by atoms with Crippen molar-refractivity contribution in [1.82, 2.24) is 5.32 Å². The molecule has 0 aliphatic rings. The van der Waals surface area contributed by atoms with Crippen LogP contribution in [0.15, 0.2) is 12.7 Å². The Bertz CT molecular complexity index is 108. The second-order valence-electron chi connectivity index (χ2n) is 1.50. The standard InChI is InChI=1S/C5H10N2O.3ClH/c1-3-5(8)7-4(2)6;;;/h3-4H,1,6H2,2H3,(H,7,8);3*1H. The predicted octanol–water partition coefficient (Wildman–Crippen LogP) is 0.859. The van der Waals surface area contributed by atoms with Crippen molar-refractivity contribution in [2.45, 2.75) is 13.1 Å². The molecule has 0 radical (unpaired) electrons. The van der Waals surface area contributed by atoms with E-state index in [9.17, 15) is 4.79 Å². The maximum Gasteiger partial charge on any atom is 0.244 e. The third kappa shape index (κ3) is 17.8. The van der Waals surface area contributed by atoms with Gasteiger partial charge in [-0.1, -0.05) is 6.58 Å². The Morgan fingerprint density at radius 1 is 1.55 bits per heavy atom. The van der Waals surface area contributed by atoms with E-state index in [4.69, 9.17) is 5.73 Å². The second kappa shape index (κ2) is 12.7. The van der Waals surface area contributed by atoms with Gasteiger partial charge in [-0.25, -0.2) is 0 Å². The lowest BCUT2D eigenvalue weighted by molar-refractivity contribution is -0.117. The van der Waals surface area contributed by atoms with E-state index in [0.29, 0.717) is 0 Å². The number of nitrogens with one attached hydrogen (secondary N) is 1. The summed E-state index contributed by atoms with van der Waals surface area (Å²) in [5.74, 6) is -0.236. The van der Waals surface area contributed by atoms with Crippen LogP contribution in [0.1, 0.15) is 6.92 Å². The number of hydrogen-bond donors (Lipinski definition) is 2. The first-order valence-electron chi connectivity index (χ1n) is 2.35. The lowest BCUT2D eigenvalue weighted by atomic mass is 10.5. The lowest BCUT2D eigenvalue weighted by Gasteiger charge is -2.03. The topological polar surface area (TPSA) is 55.1 Å². The van der Waals surface area contributed by atoms with Gasteiger partial charge in [0.15, 0.2) is 0 Å². The van der Waals surface area contributed by atoms with Gasteiger partial charge in [-0.3, -0.25) is 4.79 Å². The van der Waals surface area contributed by atoms with Crippen molar-refractivity contribution in [3.63, 3.8) is 0 Å². The molecular weight excluding hydrogens is 210 g/mol. The Morgan fingerprint density at radius 2 is 1.91 bits per heavy atom. The highest BCUT2D eigenvalue weighted by atomic mass is 35.5. The molecule has 0 rings (SSSR count). The summed E-state index contributed by atoms with van der Waals surface area (Å²) < 4.78 is 0. The van der Waals surface area contributed by atoms with Gasteiger partial charge >= 0.3 is 0 Å². The number of carbonyl (C=O) groups excluding carboxylic acids is 1. The van der Waals surface area contributed by atoms with Gasteiger partial charge in [-0.15, -0.1) is 37.2 Å². The van der Waals surface area contributed by atoms with E-state index in [1.165, 1.54) is 6.08 Å². The van der Waals surface area contributed by atoms with E-state index in [1.807, 2.05) is 0 Å². The monoisotopic (exact) mass is 222 g/mol. The van der Waals surface area contributed by atoms with Crippen LogP contribution >= 0.6 is 37.2 Å². The fourth-order valence-corrected chi connectivity index (χ4v) is 0.283. The summed E-state index contributed by atoms with van der Waals surface area (Å²) in [6.45, 7) is 4.93. The minimum Gasteiger partial charge on any atom is -0.338 e. The largest absolute Gasteiger partial charge is 0.338 e. The summed E-state index contributed by atoms with van der Waals surface area (Å²) in [4.78, 5) is 10.3. The summed E-state index contributed by atoms with van der Waals surface area (Å²) >= 11 is 0. The van der Waals surface area contributed by atoms with Crippen molar-refractivity contribution in [3.05, 3.63) is 12.7 Å². The molecule has 70 valence electrons. The molecule has 1 amide bonds. The van der Waals surface area contributed by atoms with Crippen molar-refractivity contribution in [1.29, 1.82) is 0 Å². The summed E-state index contributed by atoms with van der Waals surface area (Å²) in [7, 11) is 0. The van der Waals surface area contributed by atoms with Crippen molar-refractivity contribution < 1.29 is 4.79 Å². The van der Waals surface area contributed by atoms with Gasteiger partial charge in [-0.2, -0.15) is 0 Å². The van der Waals surface area contributed by atoms with E-state index < -0.39 is 0 Å². The molecule has 0 aromatic carbocycles. The minimum absolute atomic E-state index is 0. The van der Waals surface area contributed by atoms with Crippen LogP contribution in [0, 0.1) is 0 Å². The quantitative estimate of drug-likeness (QED) is 0.539. The first-order valence-corrected chi connectivity index (χ1v) is 2.35. The van der Waals surface area contributed by atoms with E-state index in [-0.39, 0.29) is 49.3 Å². The molecular formula is C5H13Cl3N2O. The highest BCUT2D eigenvalue weighted by Crippen LogP contribution is 1.67. The number of nitrogens with two attached hydrogens (primary N) is 1. The minimum atomic E-state index is -0.291. The summed E-state index contributed by atoms with van der Waals surface area (Å²) in [5, 5.41) is 2.41. The average molecular weight is 224 g/mol. The fraction of sp³-hybridized carbons (Fsp3) is 0.400. The van der Waals surface area contributed by atoms with Gasteiger partial charge in [0.2, 0.25) is 5.91 Å². The molecule has 3 nitrogen and oxygen atoms in total. The molecule has 0 bridgehead atoms. The van der Waals surface area contributed by atoms with E-state index in [2.05, 4.69) is 11.9 Å². The normalized spacial score (nSPS) is 8.91. The van der Waals surface area contributed by atoms with Gasteiger partial charge in [0.25, 0.3) is 0 Å².